The Bertz CT molecular complexity index is 1690. The molecule has 10 heteroatoms. The first-order chi connectivity index (χ1) is 21.2. The first-order valence-corrected chi connectivity index (χ1v) is 16.2. The molecular formula is C34H41ClFN7O. The van der Waals surface area contributed by atoms with Gasteiger partial charge >= 0.3 is 5.69 Å². The van der Waals surface area contributed by atoms with E-state index >= 15 is 4.39 Å². The van der Waals surface area contributed by atoms with Crippen molar-refractivity contribution in [3.63, 3.8) is 0 Å². The number of amidine groups is 1. The van der Waals surface area contributed by atoms with Crippen LogP contribution in [0.5, 0.6) is 0 Å². The Hall–Kier alpha value is -3.53. The summed E-state index contributed by atoms with van der Waals surface area (Å²) in [5, 5.41) is 15.9. The van der Waals surface area contributed by atoms with E-state index in [1.807, 2.05) is 19.1 Å². The van der Waals surface area contributed by atoms with Crippen LogP contribution in [0.25, 0.3) is 28.0 Å². The van der Waals surface area contributed by atoms with Crippen molar-refractivity contribution in [1.29, 1.82) is 5.41 Å². The van der Waals surface area contributed by atoms with Gasteiger partial charge in [-0.3, -0.25) is 9.98 Å². The maximum atomic E-state index is 15.1. The van der Waals surface area contributed by atoms with Crippen LogP contribution in [0.15, 0.2) is 53.5 Å². The lowest BCUT2D eigenvalue weighted by Gasteiger charge is -2.31. The number of rotatable bonds is 11. The van der Waals surface area contributed by atoms with Crippen molar-refractivity contribution in [2.45, 2.75) is 82.8 Å². The normalized spacial score (nSPS) is 19.3. The van der Waals surface area contributed by atoms with Gasteiger partial charge in [0.25, 0.3) is 0 Å². The Balaban J connectivity index is 1.16. The number of benzene rings is 2. The molecule has 8 nitrogen and oxygen atoms in total. The molecule has 0 unspecified atom stereocenters. The number of hydrogen-bond acceptors (Lipinski definition) is 5. The first kappa shape index (κ1) is 30.5. The minimum absolute atomic E-state index is 0.0640. The van der Waals surface area contributed by atoms with E-state index in [9.17, 15) is 4.79 Å². The summed E-state index contributed by atoms with van der Waals surface area (Å²) in [6, 6.07) is 14.1. The molecule has 2 aliphatic rings. The summed E-state index contributed by atoms with van der Waals surface area (Å²) < 4.78 is 16.7. The molecule has 2 aromatic carbocycles. The maximum absolute atomic E-state index is 15.1. The van der Waals surface area contributed by atoms with Gasteiger partial charge < -0.3 is 21.4 Å². The van der Waals surface area contributed by atoms with Gasteiger partial charge in [-0.1, -0.05) is 30.2 Å². The second-order valence-electron chi connectivity index (χ2n) is 12.5. The third-order valence-electron chi connectivity index (χ3n) is 8.86. The largest absolute Gasteiger partial charge is 0.374 e. The molecule has 2 aromatic heterocycles. The molecule has 1 saturated heterocycles. The maximum Gasteiger partial charge on any atom is 0.354 e. The second-order valence-corrected chi connectivity index (χ2v) is 12.9. The van der Waals surface area contributed by atoms with Crippen LogP contribution in [0.1, 0.15) is 75.5 Å². The number of nitrogens with two attached hydrogens (primary N) is 1. The summed E-state index contributed by atoms with van der Waals surface area (Å²) in [6.45, 7) is 2.80. The molecule has 1 aliphatic carbocycles. The topological polar surface area (TPSA) is 125 Å². The van der Waals surface area contributed by atoms with E-state index in [1.165, 1.54) is 10.1 Å². The van der Waals surface area contributed by atoms with Gasteiger partial charge in [0, 0.05) is 47.7 Å². The van der Waals surface area contributed by atoms with E-state index < -0.39 is 11.5 Å². The van der Waals surface area contributed by atoms with Gasteiger partial charge in [0.15, 0.2) is 5.82 Å². The number of hydrogen-bond donors (Lipinski definition) is 5. The van der Waals surface area contributed by atoms with Crippen LogP contribution < -0.4 is 22.1 Å². The molecule has 4 aromatic rings. The Labute approximate surface area is 262 Å². The number of piperidine rings is 1. The average Bonchev–Trinajstić information content (AvgIpc) is 3.78. The summed E-state index contributed by atoms with van der Waals surface area (Å²) in [7, 11) is 0. The molecule has 3 heterocycles. The standard InChI is InChI=1S/C34H41ClFN7O/c1-20(37)4-2-5-21-16-27(31(36)28(35)17-21)30-18-24-19-43(34(44)42-33(24)41-30)26-12-10-22(11-13-26)29-7-3-6-25(40-29)14-15-39-32(38)23-8-9-23/h10-13,16-20,23,25,29,40H,2-9,14-15,37H2,1H3,(H2,38,39)(H,41,42,44)/t20-,25-,29-/m0/s1. The van der Waals surface area contributed by atoms with Crippen molar-refractivity contribution in [3.05, 3.63) is 81.1 Å². The van der Waals surface area contributed by atoms with E-state index in [0.29, 0.717) is 40.1 Å². The summed E-state index contributed by atoms with van der Waals surface area (Å²) >= 11 is 6.26. The fourth-order valence-corrected chi connectivity index (χ4v) is 6.45. The van der Waals surface area contributed by atoms with Crippen LogP contribution in [-0.4, -0.2) is 39.0 Å². The van der Waals surface area contributed by atoms with Gasteiger partial charge in [0.05, 0.1) is 22.2 Å². The first-order valence-electron chi connectivity index (χ1n) is 15.8. The van der Waals surface area contributed by atoms with Crippen molar-refractivity contribution in [1.82, 2.24) is 25.2 Å². The van der Waals surface area contributed by atoms with Crippen LogP contribution in [0.2, 0.25) is 5.02 Å². The molecule has 6 N–H and O–H groups in total. The van der Waals surface area contributed by atoms with Crippen LogP contribution in [0.3, 0.4) is 0 Å². The molecule has 232 valence electrons. The van der Waals surface area contributed by atoms with Crippen LogP contribution in [0, 0.1) is 17.1 Å². The van der Waals surface area contributed by atoms with Gasteiger partial charge in [0.2, 0.25) is 0 Å². The minimum Gasteiger partial charge on any atom is -0.374 e. The van der Waals surface area contributed by atoms with Gasteiger partial charge in [-0.2, -0.15) is 4.98 Å². The molecule has 0 spiro atoms. The Morgan fingerprint density at radius 3 is 2.75 bits per heavy atom. The Morgan fingerprint density at radius 2 is 2.00 bits per heavy atom. The van der Waals surface area contributed by atoms with Crippen LogP contribution >= 0.6 is 11.6 Å². The third kappa shape index (κ3) is 7.06. The number of fused-ring (bicyclic) bond motifs is 1. The van der Waals surface area contributed by atoms with Crippen molar-refractivity contribution in [3.8, 4) is 16.9 Å². The molecule has 1 aliphatic heterocycles. The summed E-state index contributed by atoms with van der Waals surface area (Å²) in [5.41, 5.74) is 9.58. The molecule has 0 bridgehead atoms. The fraction of sp³-hybridized carbons (Fsp3) is 0.441. The molecule has 2 fully saturated rings. The van der Waals surface area contributed by atoms with E-state index in [2.05, 4.69) is 32.7 Å². The highest BCUT2D eigenvalue weighted by Crippen LogP contribution is 2.32. The lowest BCUT2D eigenvalue weighted by atomic mass is 9.92. The highest BCUT2D eigenvalue weighted by Gasteiger charge is 2.27. The smallest absolute Gasteiger partial charge is 0.354 e. The molecule has 0 amide bonds. The zero-order valence-corrected chi connectivity index (χ0v) is 25.9. The van der Waals surface area contributed by atoms with Crippen molar-refractivity contribution >= 4 is 28.5 Å². The average molecular weight is 618 g/mol. The van der Waals surface area contributed by atoms with Crippen molar-refractivity contribution in [2.24, 2.45) is 11.7 Å². The van der Waals surface area contributed by atoms with Crippen LogP contribution in [-0.2, 0) is 6.42 Å². The predicted octanol–water partition coefficient (Wildman–Crippen LogP) is 6.39. The van der Waals surface area contributed by atoms with E-state index in [1.54, 1.807) is 24.4 Å². The molecule has 44 heavy (non-hydrogen) atoms. The quantitative estimate of drug-likeness (QED) is 0.0985. The molecular weight excluding hydrogens is 577 g/mol. The van der Waals surface area contributed by atoms with Gasteiger partial charge in [0.1, 0.15) is 5.65 Å². The minimum atomic E-state index is -0.507. The summed E-state index contributed by atoms with van der Waals surface area (Å²) in [4.78, 5) is 20.4. The van der Waals surface area contributed by atoms with Crippen LogP contribution in [0.4, 0.5) is 4.39 Å². The van der Waals surface area contributed by atoms with E-state index in [4.69, 9.17) is 22.7 Å². The SMILES string of the molecule is C[C@H](N)CCCc1cc(Cl)c(F)c(-c2cc3cn(-c4ccc([C@@H]5CCC[C@@H](CCNC(=N)C6CC6)N5)cc4)c(=O)nc3[nH]2)c1. The number of H-pyrrole nitrogens is 1. The number of halogens is 2. The zero-order chi connectivity index (χ0) is 30.8. The lowest BCUT2D eigenvalue weighted by molar-refractivity contribution is 0.312. The second kappa shape index (κ2) is 13.2. The number of aromatic nitrogens is 3. The number of nitrogens with one attached hydrogen (secondary N) is 4. The number of aryl methyl sites for hydroxylation is 1. The molecule has 0 radical (unpaired) electrons. The van der Waals surface area contributed by atoms with Gasteiger partial charge in [-0.15, -0.1) is 0 Å². The van der Waals surface area contributed by atoms with Gasteiger partial charge in [-0.25, -0.2) is 9.18 Å². The number of nitrogens with zero attached hydrogens (tertiary/aromatic N) is 2. The highest BCUT2D eigenvalue weighted by atomic mass is 35.5. The lowest BCUT2D eigenvalue weighted by Crippen LogP contribution is -2.39. The highest BCUT2D eigenvalue weighted by molar-refractivity contribution is 6.31. The molecule has 1 saturated carbocycles. The van der Waals surface area contributed by atoms with Gasteiger partial charge in [-0.05, 0) is 99.7 Å². The van der Waals surface area contributed by atoms with Crippen molar-refractivity contribution < 1.29 is 4.39 Å². The Morgan fingerprint density at radius 1 is 1.20 bits per heavy atom. The Kier molecular flexibility index (Phi) is 9.16. The van der Waals surface area contributed by atoms with E-state index in [-0.39, 0.29) is 17.1 Å². The summed E-state index contributed by atoms with van der Waals surface area (Å²) in [6.07, 6.45) is 10.9. The monoisotopic (exact) mass is 617 g/mol. The summed E-state index contributed by atoms with van der Waals surface area (Å²) in [5.74, 6) is 0.650. The fourth-order valence-electron chi connectivity index (χ4n) is 6.21. The van der Waals surface area contributed by atoms with E-state index in [0.717, 1.165) is 75.6 Å². The third-order valence-corrected chi connectivity index (χ3v) is 9.14. The zero-order valence-electron chi connectivity index (χ0n) is 25.1. The van der Waals surface area contributed by atoms with Crippen molar-refractivity contribution in [2.75, 3.05) is 6.54 Å². The predicted molar refractivity (Wildman–Crippen MR) is 175 cm³/mol. The molecule has 3 atom stereocenters. The number of aromatic amines is 1. The molecule has 6 rings (SSSR count).